The molecule has 0 spiro atoms. The third-order valence-electron chi connectivity index (χ3n) is 3.61. The minimum absolute atomic E-state index is 0.590. The molecule has 0 radical (unpaired) electrons. The zero-order valence-electron chi connectivity index (χ0n) is 12.7. The molecule has 0 aliphatic rings. The van der Waals surface area contributed by atoms with Gasteiger partial charge in [0.15, 0.2) is 0 Å². The molecule has 2 nitrogen and oxygen atoms in total. The van der Waals surface area contributed by atoms with Crippen LogP contribution in [0.15, 0.2) is 36.4 Å². The van der Waals surface area contributed by atoms with Gasteiger partial charge < -0.3 is 4.89 Å². The fourth-order valence-electron chi connectivity index (χ4n) is 2.61. The van der Waals surface area contributed by atoms with Gasteiger partial charge in [-0.15, -0.1) is 0 Å². The van der Waals surface area contributed by atoms with Crippen LogP contribution >= 0.6 is 8.69 Å². The molecule has 2 aromatic rings. The Hall–Kier alpha value is -1.28. The zero-order chi connectivity index (χ0) is 15.6. The van der Waals surface area contributed by atoms with Gasteiger partial charge >= 0.3 is 8.69 Å². The summed E-state index contributed by atoms with van der Waals surface area (Å²) in [6, 6.07) is 11.9. The molecule has 2 aromatic carbocycles. The molecule has 0 aliphatic carbocycles. The summed E-state index contributed by atoms with van der Waals surface area (Å²) in [5.41, 5.74) is 6.09. The molecule has 21 heavy (non-hydrogen) atoms. The van der Waals surface area contributed by atoms with Crippen LogP contribution in [0.3, 0.4) is 0 Å². The summed E-state index contributed by atoms with van der Waals surface area (Å²) < 4.78 is 18.4. The standard InChI is InChI=1S/C17H20FO2P/c1-11-5-7-15(13(3)9-11)17(20-21(18)19)16-8-6-12(2)10-14(16)4/h5-10,17,19H,1-4H3. The Kier molecular flexibility index (Phi) is 5.10. The lowest BCUT2D eigenvalue weighted by molar-refractivity contribution is 0.223. The van der Waals surface area contributed by atoms with Crippen molar-refractivity contribution >= 4 is 8.69 Å². The first-order valence-electron chi connectivity index (χ1n) is 6.84. The highest BCUT2D eigenvalue weighted by molar-refractivity contribution is 7.40. The predicted molar refractivity (Wildman–Crippen MR) is 85.0 cm³/mol. The number of rotatable bonds is 4. The van der Waals surface area contributed by atoms with Gasteiger partial charge in [0.25, 0.3) is 0 Å². The quantitative estimate of drug-likeness (QED) is 0.785. The number of hydrogen-bond acceptors (Lipinski definition) is 2. The third kappa shape index (κ3) is 3.88. The highest BCUT2D eigenvalue weighted by Crippen LogP contribution is 2.44. The second-order valence-corrected chi connectivity index (χ2v) is 6.10. The summed E-state index contributed by atoms with van der Waals surface area (Å²) in [5, 5.41) is 0. The summed E-state index contributed by atoms with van der Waals surface area (Å²) in [6.07, 6.45) is -0.590. The van der Waals surface area contributed by atoms with Crippen LogP contribution < -0.4 is 0 Å². The second-order valence-electron chi connectivity index (χ2n) is 5.43. The fraction of sp³-hybridized carbons (Fsp3) is 0.294. The van der Waals surface area contributed by atoms with E-state index in [9.17, 15) is 4.20 Å². The van der Waals surface area contributed by atoms with E-state index in [2.05, 4.69) is 0 Å². The number of benzene rings is 2. The van der Waals surface area contributed by atoms with Gasteiger partial charge in [0, 0.05) is 0 Å². The van der Waals surface area contributed by atoms with Crippen molar-refractivity contribution < 1.29 is 13.6 Å². The molecule has 0 saturated heterocycles. The molecule has 1 unspecified atom stereocenters. The van der Waals surface area contributed by atoms with E-state index in [0.717, 1.165) is 33.4 Å². The van der Waals surface area contributed by atoms with E-state index in [-0.39, 0.29) is 0 Å². The lowest BCUT2D eigenvalue weighted by Gasteiger charge is -2.22. The smallest absolute Gasteiger partial charge is 0.325 e. The molecule has 0 saturated carbocycles. The van der Waals surface area contributed by atoms with Crippen molar-refractivity contribution in [2.24, 2.45) is 0 Å². The maximum absolute atomic E-state index is 13.1. The molecule has 0 amide bonds. The molecule has 4 heteroatoms. The predicted octanol–water partition coefficient (Wildman–Crippen LogP) is 5.21. The molecular formula is C17H20FO2P. The molecule has 1 N–H and O–H groups in total. The number of halogens is 1. The van der Waals surface area contributed by atoms with E-state index in [0.29, 0.717) is 0 Å². The average Bonchev–Trinajstić information content (AvgIpc) is 2.36. The van der Waals surface area contributed by atoms with Gasteiger partial charge in [0.2, 0.25) is 0 Å². The molecule has 0 bridgehead atoms. The monoisotopic (exact) mass is 306 g/mol. The number of hydrogen-bond donors (Lipinski definition) is 1. The van der Waals surface area contributed by atoms with Crippen molar-refractivity contribution in [1.82, 2.24) is 0 Å². The fourth-order valence-corrected chi connectivity index (χ4v) is 3.01. The Balaban J connectivity index is 2.52. The summed E-state index contributed by atoms with van der Waals surface area (Å²) >= 11 is 0. The van der Waals surface area contributed by atoms with Crippen molar-refractivity contribution in [3.63, 3.8) is 0 Å². The Morgan fingerprint density at radius 2 is 1.33 bits per heavy atom. The Morgan fingerprint density at radius 1 is 0.905 bits per heavy atom. The van der Waals surface area contributed by atoms with Crippen LogP contribution in [0.4, 0.5) is 4.20 Å². The van der Waals surface area contributed by atoms with Crippen LogP contribution in [0, 0.1) is 27.7 Å². The summed E-state index contributed by atoms with van der Waals surface area (Å²) in [6.45, 7) is 7.97. The normalized spacial score (nSPS) is 12.7. The van der Waals surface area contributed by atoms with E-state index in [1.165, 1.54) is 0 Å². The summed E-state index contributed by atoms with van der Waals surface area (Å²) in [7, 11) is -2.93. The van der Waals surface area contributed by atoms with Crippen LogP contribution in [0.2, 0.25) is 0 Å². The van der Waals surface area contributed by atoms with Crippen molar-refractivity contribution in [3.8, 4) is 0 Å². The van der Waals surface area contributed by atoms with Gasteiger partial charge in [-0.2, -0.15) is 4.20 Å². The highest BCUT2D eigenvalue weighted by Gasteiger charge is 2.23. The second kappa shape index (κ2) is 6.65. The van der Waals surface area contributed by atoms with Gasteiger partial charge in [-0.25, -0.2) is 0 Å². The molecule has 112 valence electrons. The Morgan fingerprint density at radius 3 is 1.67 bits per heavy atom. The maximum Gasteiger partial charge on any atom is 0.373 e. The SMILES string of the molecule is Cc1ccc(C(OP(O)F)c2ccc(C)cc2C)c(C)c1. The lowest BCUT2D eigenvalue weighted by atomic mass is 9.93. The van der Waals surface area contributed by atoms with Crippen LogP contribution in [0.5, 0.6) is 0 Å². The van der Waals surface area contributed by atoms with Gasteiger partial charge in [-0.3, -0.25) is 4.52 Å². The topological polar surface area (TPSA) is 29.5 Å². The third-order valence-corrected chi connectivity index (χ3v) is 3.99. The van der Waals surface area contributed by atoms with Gasteiger partial charge in [0.1, 0.15) is 6.10 Å². The van der Waals surface area contributed by atoms with Gasteiger partial charge in [0.05, 0.1) is 0 Å². The van der Waals surface area contributed by atoms with E-state index in [4.69, 9.17) is 9.42 Å². The van der Waals surface area contributed by atoms with Crippen LogP contribution in [0.1, 0.15) is 39.5 Å². The van der Waals surface area contributed by atoms with Gasteiger partial charge in [-0.1, -0.05) is 47.5 Å². The molecule has 0 heterocycles. The first-order chi connectivity index (χ1) is 9.88. The molecule has 2 rings (SSSR count). The van der Waals surface area contributed by atoms with Crippen LogP contribution in [-0.2, 0) is 4.52 Å². The summed E-state index contributed by atoms with van der Waals surface area (Å²) in [4.78, 5) is 9.11. The Bertz CT molecular complexity index is 589. The van der Waals surface area contributed by atoms with Crippen molar-refractivity contribution in [2.45, 2.75) is 33.8 Å². The van der Waals surface area contributed by atoms with E-state index < -0.39 is 14.8 Å². The minimum Gasteiger partial charge on any atom is -0.325 e. The largest absolute Gasteiger partial charge is 0.373 e. The maximum atomic E-state index is 13.1. The molecule has 0 aromatic heterocycles. The first-order valence-corrected chi connectivity index (χ1v) is 7.94. The summed E-state index contributed by atoms with van der Waals surface area (Å²) in [5.74, 6) is 0. The molecule has 1 atom stereocenters. The highest BCUT2D eigenvalue weighted by atomic mass is 31.2. The van der Waals surface area contributed by atoms with E-state index in [1.807, 2.05) is 64.1 Å². The molecular weight excluding hydrogens is 286 g/mol. The van der Waals surface area contributed by atoms with Crippen LogP contribution in [-0.4, -0.2) is 4.89 Å². The lowest BCUT2D eigenvalue weighted by Crippen LogP contribution is -2.07. The van der Waals surface area contributed by atoms with Crippen molar-refractivity contribution in [2.75, 3.05) is 0 Å². The van der Waals surface area contributed by atoms with E-state index >= 15 is 0 Å². The van der Waals surface area contributed by atoms with Gasteiger partial charge in [-0.05, 0) is 49.9 Å². The van der Waals surface area contributed by atoms with Crippen LogP contribution in [0.25, 0.3) is 0 Å². The van der Waals surface area contributed by atoms with Crippen molar-refractivity contribution in [3.05, 3.63) is 69.8 Å². The van der Waals surface area contributed by atoms with Crippen molar-refractivity contribution in [1.29, 1.82) is 0 Å². The Labute approximate surface area is 126 Å². The number of aryl methyl sites for hydroxylation is 4. The zero-order valence-corrected chi connectivity index (χ0v) is 13.6. The van der Waals surface area contributed by atoms with E-state index in [1.54, 1.807) is 0 Å². The first kappa shape index (κ1) is 16.1. The average molecular weight is 306 g/mol. The molecule has 0 fully saturated rings. The molecule has 0 aliphatic heterocycles. The minimum atomic E-state index is -2.93.